The molecule has 7 nitrogen and oxygen atoms in total. The van der Waals surface area contributed by atoms with Crippen LogP contribution in [0.5, 0.6) is 5.75 Å². The number of amides is 1. The molecule has 9 heteroatoms. The maximum Gasteiger partial charge on any atom is 0.269 e. The number of hydrogen-bond acceptors (Lipinski definition) is 5. The van der Waals surface area contributed by atoms with Crippen molar-refractivity contribution in [3.05, 3.63) is 64.5 Å². The second-order valence-electron chi connectivity index (χ2n) is 4.55. The van der Waals surface area contributed by atoms with Crippen molar-refractivity contribution in [3.8, 4) is 5.75 Å². The number of non-ortho nitro benzene ring substituents is 1. The Morgan fingerprint density at radius 2 is 1.79 bits per heavy atom. The molecule has 0 bridgehead atoms. The maximum absolute atomic E-state index is 12.8. The van der Waals surface area contributed by atoms with Crippen LogP contribution in [-0.4, -0.2) is 22.5 Å². The van der Waals surface area contributed by atoms with Crippen LogP contribution in [0, 0.1) is 15.9 Å². The Kier molecular flexibility index (Phi) is 5.74. The molecule has 0 spiro atoms. The number of nitrogens with zero attached hydrogens (tertiary/aromatic N) is 1. The lowest BCUT2D eigenvalue weighted by molar-refractivity contribution is -0.384. The lowest BCUT2D eigenvalue weighted by Crippen LogP contribution is -2.37. The third kappa shape index (κ3) is 5.29. The molecule has 124 valence electrons. The molecular formula is C15H12FN3O4S. The van der Waals surface area contributed by atoms with Gasteiger partial charge >= 0.3 is 0 Å². The summed E-state index contributed by atoms with van der Waals surface area (Å²) in [6.07, 6.45) is 0. The first-order valence-electron chi connectivity index (χ1n) is 6.68. The summed E-state index contributed by atoms with van der Waals surface area (Å²) < 4.78 is 18.0. The molecule has 2 aromatic carbocycles. The summed E-state index contributed by atoms with van der Waals surface area (Å²) in [5.41, 5.74) is 0.453. The van der Waals surface area contributed by atoms with E-state index in [1.807, 2.05) is 0 Å². The third-order valence-corrected chi connectivity index (χ3v) is 2.98. The highest BCUT2D eigenvalue weighted by molar-refractivity contribution is 7.80. The van der Waals surface area contributed by atoms with Crippen LogP contribution in [0.1, 0.15) is 0 Å². The molecule has 0 radical (unpaired) electrons. The summed E-state index contributed by atoms with van der Waals surface area (Å²) in [4.78, 5) is 21.7. The van der Waals surface area contributed by atoms with E-state index in [0.29, 0.717) is 11.4 Å². The SMILES string of the molecule is O=C(COc1ccc([N+](=O)[O-])cc1)NC(=S)Nc1ccc(F)cc1. The van der Waals surface area contributed by atoms with Crippen molar-refractivity contribution in [2.24, 2.45) is 0 Å². The molecule has 1 amide bonds. The Morgan fingerprint density at radius 3 is 2.38 bits per heavy atom. The molecule has 2 N–H and O–H groups in total. The summed E-state index contributed by atoms with van der Waals surface area (Å²) in [6.45, 7) is -0.316. The molecule has 0 aliphatic rings. The Bertz CT molecular complexity index is 750. The predicted molar refractivity (Wildman–Crippen MR) is 89.4 cm³/mol. The normalized spacial score (nSPS) is 9.88. The highest BCUT2D eigenvalue weighted by atomic mass is 32.1. The average molecular weight is 349 g/mol. The lowest BCUT2D eigenvalue weighted by atomic mass is 10.3. The summed E-state index contributed by atoms with van der Waals surface area (Å²) in [6, 6.07) is 10.8. The van der Waals surface area contributed by atoms with Gasteiger partial charge in [-0.05, 0) is 48.6 Å². The zero-order chi connectivity index (χ0) is 17.5. The molecule has 0 atom stereocenters. The van der Waals surface area contributed by atoms with Gasteiger partial charge in [0.2, 0.25) is 0 Å². The molecule has 2 aromatic rings. The molecular weight excluding hydrogens is 337 g/mol. The number of rotatable bonds is 5. The Hall–Kier alpha value is -3.07. The minimum Gasteiger partial charge on any atom is -0.484 e. The first-order chi connectivity index (χ1) is 11.4. The molecule has 0 saturated carbocycles. The van der Waals surface area contributed by atoms with Crippen LogP contribution in [0.15, 0.2) is 48.5 Å². The molecule has 0 fully saturated rings. The number of ether oxygens (including phenoxy) is 1. The standard InChI is InChI=1S/C15H12FN3O4S/c16-10-1-3-11(4-2-10)17-15(24)18-14(20)9-23-13-7-5-12(6-8-13)19(21)22/h1-8H,9H2,(H2,17,18,20,24). The zero-order valence-corrected chi connectivity index (χ0v) is 13.0. The zero-order valence-electron chi connectivity index (χ0n) is 12.2. The Labute approximate surface area is 141 Å². The van der Waals surface area contributed by atoms with Crippen molar-refractivity contribution in [2.45, 2.75) is 0 Å². The Morgan fingerprint density at radius 1 is 1.17 bits per heavy atom. The molecule has 0 aromatic heterocycles. The van der Waals surface area contributed by atoms with E-state index in [1.165, 1.54) is 48.5 Å². The number of nitro benzene ring substituents is 1. The smallest absolute Gasteiger partial charge is 0.269 e. The number of thiocarbonyl (C=S) groups is 1. The van der Waals surface area contributed by atoms with Gasteiger partial charge in [-0.3, -0.25) is 20.2 Å². The van der Waals surface area contributed by atoms with Crippen molar-refractivity contribution >= 4 is 34.6 Å². The first-order valence-corrected chi connectivity index (χ1v) is 7.08. The molecule has 0 unspecified atom stereocenters. The number of benzene rings is 2. The van der Waals surface area contributed by atoms with Gasteiger partial charge in [-0.1, -0.05) is 0 Å². The topological polar surface area (TPSA) is 93.5 Å². The van der Waals surface area contributed by atoms with E-state index in [0.717, 1.165) is 0 Å². The number of nitrogens with one attached hydrogen (secondary N) is 2. The Balaban J connectivity index is 1.79. The summed E-state index contributed by atoms with van der Waals surface area (Å²) in [5, 5.41) is 15.7. The molecule has 2 rings (SSSR count). The van der Waals surface area contributed by atoms with Gasteiger partial charge < -0.3 is 10.1 Å². The minimum absolute atomic E-state index is 0.0407. The van der Waals surface area contributed by atoms with Gasteiger partial charge in [0.1, 0.15) is 11.6 Å². The van der Waals surface area contributed by atoms with Crippen molar-refractivity contribution in [2.75, 3.05) is 11.9 Å². The van der Waals surface area contributed by atoms with Crippen LogP contribution in [0.4, 0.5) is 15.8 Å². The van der Waals surface area contributed by atoms with Gasteiger partial charge in [0, 0.05) is 17.8 Å². The molecule has 0 saturated heterocycles. The number of hydrogen-bond donors (Lipinski definition) is 2. The second kappa shape index (κ2) is 7.97. The van der Waals surface area contributed by atoms with E-state index in [-0.39, 0.29) is 23.2 Å². The van der Waals surface area contributed by atoms with Gasteiger partial charge in [-0.25, -0.2) is 4.39 Å². The first kappa shape index (κ1) is 17.3. The quantitative estimate of drug-likeness (QED) is 0.490. The molecule has 24 heavy (non-hydrogen) atoms. The fourth-order valence-corrected chi connectivity index (χ4v) is 1.90. The highest BCUT2D eigenvalue weighted by Crippen LogP contribution is 2.17. The van der Waals surface area contributed by atoms with Gasteiger partial charge in [0.05, 0.1) is 4.92 Å². The number of carbonyl (C=O) groups excluding carboxylic acids is 1. The van der Waals surface area contributed by atoms with E-state index in [1.54, 1.807) is 0 Å². The van der Waals surface area contributed by atoms with E-state index in [4.69, 9.17) is 17.0 Å². The van der Waals surface area contributed by atoms with Gasteiger partial charge in [0.25, 0.3) is 11.6 Å². The third-order valence-electron chi connectivity index (χ3n) is 2.77. The summed E-state index contributed by atoms with van der Waals surface area (Å²) >= 11 is 4.95. The van der Waals surface area contributed by atoms with Crippen LogP contribution >= 0.6 is 12.2 Å². The predicted octanol–water partition coefficient (Wildman–Crippen LogP) is 2.63. The molecule has 0 aliphatic carbocycles. The molecule has 0 aliphatic heterocycles. The fraction of sp³-hybridized carbons (Fsp3) is 0.0667. The maximum atomic E-state index is 12.8. The number of anilines is 1. The highest BCUT2D eigenvalue weighted by Gasteiger charge is 2.08. The number of carbonyl (C=O) groups is 1. The number of nitro groups is 1. The summed E-state index contributed by atoms with van der Waals surface area (Å²) in [7, 11) is 0. The second-order valence-corrected chi connectivity index (χ2v) is 4.96. The molecule has 0 heterocycles. The lowest BCUT2D eigenvalue weighted by Gasteiger charge is -2.10. The minimum atomic E-state index is -0.532. The number of halogens is 1. The van der Waals surface area contributed by atoms with E-state index >= 15 is 0 Å². The van der Waals surface area contributed by atoms with Crippen molar-refractivity contribution < 1.29 is 18.8 Å². The van der Waals surface area contributed by atoms with Crippen molar-refractivity contribution in [1.82, 2.24) is 5.32 Å². The van der Waals surface area contributed by atoms with E-state index in [9.17, 15) is 19.3 Å². The van der Waals surface area contributed by atoms with Gasteiger partial charge in [-0.15, -0.1) is 0 Å². The van der Waals surface area contributed by atoms with Crippen LogP contribution in [0.25, 0.3) is 0 Å². The van der Waals surface area contributed by atoms with Crippen molar-refractivity contribution in [1.29, 1.82) is 0 Å². The average Bonchev–Trinajstić information content (AvgIpc) is 2.55. The van der Waals surface area contributed by atoms with E-state index in [2.05, 4.69) is 10.6 Å². The monoisotopic (exact) mass is 349 g/mol. The van der Waals surface area contributed by atoms with Gasteiger partial charge in [-0.2, -0.15) is 0 Å². The van der Waals surface area contributed by atoms with Crippen LogP contribution < -0.4 is 15.4 Å². The van der Waals surface area contributed by atoms with Gasteiger partial charge in [0.15, 0.2) is 11.7 Å². The fourth-order valence-electron chi connectivity index (χ4n) is 1.67. The van der Waals surface area contributed by atoms with Crippen LogP contribution in [0.3, 0.4) is 0 Å². The van der Waals surface area contributed by atoms with E-state index < -0.39 is 10.8 Å². The van der Waals surface area contributed by atoms with Crippen LogP contribution in [0.2, 0.25) is 0 Å². The largest absolute Gasteiger partial charge is 0.484 e. The summed E-state index contributed by atoms with van der Waals surface area (Å²) in [5.74, 6) is -0.576. The van der Waals surface area contributed by atoms with Crippen molar-refractivity contribution in [3.63, 3.8) is 0 Å². The van der Waals surface area contributed by atoms with Crippen LogP contribution in [-0.2, 0) is 4.79 Å².